The van der Waals surface area contributed by atoms with Gasteiger partial charge < -0.3 is 5.32 Å². The van der Waals surface area contributed by atoms with Crippen molar-refractivity contribution in [3.8, 4) is 6.07 Å². The SMILES string of the molecule is N#CC1CCC(NCc2ccccc2)CC1. The van der Waals surface area contributed by atoms with Gasteiger partial charge in [-0.3, -0.25) is 0 Å². The molecule has 1 aliphatic carbocycles. The van der Waals surface area contributed by atoms with Crippen LogP contribution in [0.2, 0.25) is 0 Å². The Morgan fingerprint density at radius 2 is 1.81 bits per heavy atom. The molecule has 0 radical (unpaired) electrons. The number of nitrogens with one attached hydrogen (secondary N) is 1. The molecule has 0 heterocycles. The first-order valence-electron chi connectivity index (χ1n) is 6.05. The van der Waals surface area contributed by atoms with Crippen LogP contribution in [-0.4, -0.2) is 6.04 Å². The van der Waals surface area contributed by atoms with Gasteiger partial charge >= 0.3 is 0 Å². The van der Waals surface area contributed by atoms with Gasteiger partial charge in [0.15, 0.2) is 0 Å². The second kappa shape index (κ2) is 5.67. The topological polar surface area (TPSA) is 35.8 Å². The third kappa shape index (κ3) is 3.08. The van der Waals surface area contributed by atoms with Gasteiger partial charge in [0.05, 0.1) is 6.07 Å². The Balaban J connectivity index is 1.74. The van der Waals surface area contributed by atoms with Gasteiger partial charge in [0.1, 0.15) is 0 Å². The van der Waals surface area contributed by atoms with E-state index in [0.29, 0.717) is 12.0 Å². The summed E-state index contributed by atoms with van der Waals surface area (Å²) in [4.78, 5) is 0. The molecule has 1 saturated carbocycles. The molecule has 1 aromatic rings. The molecule has 1 fully saturated rings. The zero-order valence-electron chi connectivity index (χ0n) is 9.52. The minimum atomic E-state index is 0.301. The molecule has 0 bridgehead atoms. The first-order valence-corrected chi connectivity index (χ1v) is 6.05. The first kappa shape index (κ1) is 11.2. The van der Waals surface area contributed by atoms with E-state index in [1.807, 2.05) is 6.07 Å². The number of nitriles is 1. The van der Waals surface area contributed by atoms with E-state index >= 15 is 0 Å². The Bertz CT molecular complexity index is 345. The second-order valence-corrected chi connectivity index (χ2v) is 4.54. The van der Waals surface area contributed by atoms with Gasteiger partial charge in [-0.2, -0.15) is 5.26 Å². The molecule has 2 rings (SSSR count). The Hall–Kier alpha value is -1.33. The summed E-state index contributed by atoms with van der Waals surface area (Å²) < 4.78 is 0. The highest BCUT2D eigenvalue weighted by Gasteiger charge is 2.19. The highest BCUT2D eigenvalue weighted by atomic mass is 14.9. The fraction of sp³-hybridized carbons (Fsp3) is 0.500. The fourth-order valence-corrected chi connectivity index (χ4v) is 2.28. The quantitative estimate of drug-likeness (QED) is 0.839. The minimum absolute atomic E-state index is 0.301. The van der Waals surface area contributed by atoms with Crippen molar-refractivity contribution in [1.82, 2.24) is 5.32 Å². The van der Waals surface area contributed by atoms with E-state index in [1.54, 1.807) is 0 Å². The zero-order chi connectivity index (χ0) is 11.2. The normalized spacial score (nSPS) is 24.9. The maximum absolute atomic E-state index is 8.81. The van der Waals surface area contributed by atoms with E-state index in [0.717, 1.165) is 32.2 Å². The summed E-state index contributed by atoms with van der Waals surface area (Å²) in [5.41, 5.74) is 1.34. The van der Waals surface area contributed by atoms with Crippen molar-refractivity contribution in [3.63, 3.8) is 0 Å². The lowest BCUT2D eigenvalue weighted by Gasteiger charge is -2.25. The van der Waals surface area contributed by atoms with Crippen LogP contribution in [0.4, 0.5) is 0 Å². The zero-order valence-corrected chi connectivity index (χ0v) is 9.52. The van der Waals surface area contributed by atoms with Crippen LogP contribution in [0, 0.1) is 17.2 Å². The Morgan fingerprint density at radius 3 is 2.44 bits per heavy atom. The van der Waals surface area contributed by atoms with Crippen LogP contribution in [-0.2, 0) is 6.54 Å². The average molecular weight is 214 g/mol. The molecule has 0 aromatic heterocycles. The molecular formula is C14H18N2. The molecule has 0 unspecified atom stereocenters. The monoisotopic (exact) mass is 214 g/mol. The first-order chi connectivity index (χ1) is 7.88. The molecule has 0 aliphatic heterocycles. The summed E-state index contributed by atoms with van der Waals surface area (Å²) >= 11 is 0. The van der Waals surface area contributed by atoms with Crippen LogP contribution < -0.4 is 5.32 Å². The number of hydrogen-bond donors (Lipinski definition) is 1. The predicted octanol–water partition coefficient (Wildman–Crippen LogP) is 2.86. The van der Waals surface area contributed by atoms with Crippen molar-refractivity contribution in [2.24, 2.45) is 5.92 Å². The fourth-order valence-electron chi connectivity index (χ4n) is 2.28. The molecule has 1 aliphatic rings. The maximum atomic E-state index is 8.81. The highest BCUT2D eigenvalue weighted by Crippen LogP contribution is 2.23. The predicted molar refractivity (Wildman–Crippen MR) is 64.6 cm³/mol. The van der Waals surface area contributed by atoms with E-state index in [1.165, 1.54) is 5.56 Å². The van der Waals surface area contributed by atoms with Crippen LogP contribution in [0.5, 0.6) is 0 Å². The lowest BCUT2D eigenvalue weighted by molar-refractivity contribution is 0.331. The summed E-state index contributed by atoms with van der Waals surface area (Å²) in [5.74, 6) is 0.301. The van der Waals surface area contributed by atoms with E-state index in [9.17, 15) is 0 Å². The second-order valence-electron chi connectivity index (χ2n) is 4.54. The summed E-state index contributed by atoms with van der Waals surface area (Å²) in [6, 6.07) is 13.5. The Labute approximate surface area is 97.3 Å². The maximum Gasteiger partial charge on any atom is 0.0655 e. The summed E-state index contributed by atoms with van der Waals surface area (Å²) in [5, 5.41) is 12.4. The molecule has 0 amide bonds. The number of benzene rings is 1. The highest BCUT2D eigenvalue weighted by molar-refractivity contribution is 5.14. The number of hydrogen-bond acceptors (Lipinski definition) is 2. The van der Waals surface area contributed by atoms with Gasteiger partial charge in [-0.05, 0) is 31.2 Å². The van der Waals surface area contributed by atoms with Crippen LogP contribution >= 0.6 is 0 Å². The van der Waals surface area contributed by atoms with E-state index in [4.69, 9.17) is 5.26 Å². The summed E-state index contributed by atoms with van der Waals surface area (Å²) in [6.45, 7) is 0.947. The molecule has 0 atom stereocenters. The molecule has 84 valence electrons. The van der Waals surface area contributed by atoms with Crippen molar-refractivity contribution in [1.29, 1.82) is 5.26 Å². The standard InChI is InChI=1S/C14H18N2/c15-10-12-6-8-14(9-7-12)16-11-13-4-2-1-3-5-13/h1-5,12,14,16H,6-9,11H2. The summed E-state index contributed by atoms with van der Waals surface area (Å²) in [6.07, 6.45) is 4.40. The molecule has 2 nitrogen and oxygen atoms in total. The summed E-state index contributed by atoms with van der Waals surface area (Å²) in [7, 11) is 0. The van der Waals surface area contributed by atoms with Crippen LogP contribution in [0.25, 0.3) is 0 Å². The van der Waals surface area contributed by atoms with Gasteiger partial charge in [0, 0.05) is 18.5 Å². The van der Waals surface area contributed by atoms with Crippen molar-refractivity contribution >= 4 is 0 Å². The van der Waals surface area contributed by atoms with Crippen LogP contribution in [0.1, 0.15) is 31.2 Å². The van der Waals surface area contributed by atoms with Crippen molar-refractivity contribution < 1.29 is 0 Å². The van der Waals surface area contributed by atoms with Crippen LogP contribution in [0.15, 0.2) is 30.3 Å². The number of nitrogens with zero attached hydrogens (tertiary/aromatic N) is 1. The van der Waals surface area contributed by atoms with Gasteiger partial charge in [-0.15, -0.1) is 0 Å². The van der Waals surface area contributed by atoms with Gasteiger partial charge in [-0.25, -0.2) is 0 Å². The molecule has 0 spiro atoms. The third-order valence-corrected chi connectivity index (χ3v) is 3.35. The van der Waals surface area contributed by atoms with Crippen molar-refractivity contribution in [2.45, 2.75) is 38.3 Å². The molecule has 0 saturated heterocycles. The third-order valence-electron chi connectivity index (χ3n) is 3.35. The molecule has 1 aromatic carbocycles. The Morgan fingerprint density at radius 1 is 1.12 bits per heavy atom. The largest absolute Gasteiger partial charge is 0.310 e. The van der Waals surface area contributed by atoms with Gasteiger partial charge in [-0.1, -0.05) is 30.3 Å². The van der Waals surface area contributed by atoms with E-state index in [-0.39, 0.29) is 0 Å². The molecular weight excluding hydrogens is 196 g/mol. The lowest BCUT2D eigenvalue weighted by Crippen LogP contribution is -2.32. The van der Waals surface area contributed by atoms with E-state index in [2.05, 4.69) is 35.7 Å². The number of rotatable bonds is 3. The lowest BCUT2D eigenvalue weighted by atomic mass is 9.87. The molecule has 2 heteroatoms. The van der Waals surface area contributed by atoms with Crippen molar-refractivity contribution in [3.05, 3.63) is 35.9 Å². The minimum Gasteiger partial charge on any atom is -0.310 e. The smallest absolute Gasteiger partial charge is 0.0655 e. The van der Waals surface area contributed by atoms with Gasteiger partial charge in [0.25, 0.3) is 0 Å². The molecule has 1 N–H and O–H groups in total. The van der Waals surface area contributed by atoms with Crippen LogP contribution in [0.3, 0.4) is 0 Å². The average Bonchev–Trinajstić information content (AvgIpc) is 2.38. The molecule has 16 heavy (non-hydrogen) atoms. The van der Waals surface area contributed by atoms with Gasteiger partial charge in [0.2, 0.25) is 0 Å². The van der Waals surface area contributed by atoms with E-state index < -0.39 is 0 Å². The van der Waals surface area contributed by atoms with Crippen molar-refractivity contribution in [2.75, 3.05) is 0 Å². The Kier molecular flexibility index (Phi) is 3.96.